The van der Waals surface area contributed by atoms with Crippen LogP contribution >= 0.6 is 0 Å². The first-order chi connectivity index (χ1) is 10.1. The molecule has 2 rings (SSSR count). The molecule has 6 heteroatoms. The van der Waals surface area contributed by atoms with Crippen LogP contribution in [0.5, 0.6) is 11.5 Å². The first-order valence-corrected chi connectivity index (χ1v) is 9.10. The molecule has 1 aliphatic carbocycles. The van der Waals surface area contributed by atoms with Crippen molar-refractivity contribution in [3.8, 4) is 11.5 Å². The third-order valence-electron chi connectivity index (χ3n) is 3.52. The highest BCUT2D eigenvalue weighted by Gasteiger charge is 2.21. The van der Waals surface area contributed by atoms with E-state index >= 15 is 0 Å². The number of rotatable bonds is 9. The molecule has 1 aromatic carbocycles. The van der Waals surface area contributed by atoms with Crippen molar-refractivity contribution >= 4 is 9.84 Å². The standard InChI is InChI=1S/C15H23NO4S/c1-3-21(17,18)10-9-20-15-12(11-16-13-7-8-13)5-4-6-14(15)19-2/h4-6,13,16H,3,7-11H2,1-2H3. The highest BCUT2D eigenvalue weighted by Crippen LogP contribution is 2.31. The normalized spacial score (nSPS) is 15.0. The maximum absolute atomic E-state index is 11.5. The molecule has 1 aliphatic rings. The molecule has 118 valence electrons. The number of sulfone groups is 1. The van der Waals surface area contributed by atoms with Gasteiger partial charge in [0.25, 0.3) is 0 Å². The Morgan fingerprint density at radius 3 is 2.71 bits per heavy atom. The van der Waals surface area contributed by atoms with Crippen molar-refractivity contribution in [3.05, 3.63) is 23.8 Å². The molecule has 0 atom stereocenters. The Balaban J connectivity index is 2.03. The van der Waals surface area contributed by atoms with Gasteiger partial charge in [0.15, 0.2) is 21.3 Å². The van der Waals surface area contributed by atoms with E-state index in [-0.39, 0.29) is 18.1 Å². The summed E-state index contributed by atoms with van der Waals surface area (Å²) in [6.45, 7) is 2.49. The second-order valence-electron chi connectivity index (χ2n) is 5.19. The van der Waals surface area contributed by atoms with E-state index in [1.54, 1.807) is 14.0 Å². The average Bonchev–Trinajstić information content (AvgIpc) is 3.30. The van der Waals surface area contributed by atoms with Gasteiger partial charge in [-0.2, -0.15) is 0 Å². The molecule has 0 bridgehead atoms. The molecule has 21 heavy (non-hydrogen) atoms. The van der Waals surface area contributed by atoms with Crippen LogP contribution in [-0.2, 0) is 16.4 Å². The van der Waals surface area contributed by atoms with Gasteiger partial charge in [-0.15, -0.1) is 0 Å². The van der Waals surface area contributed by atoms with Gasteiger partial charge in [0.2, 0.25) is 0 Å². The van der Waals surface area contributed by atoms with Crippen LogP contribution in [0.15, 0.2) is 18.2 Å². The minimum Gasteiger partial charge on any atom is -0.493 e. The number of hydrogen-bond donors (Lipinski definition) is 1. The number of nitrogens with one attached hydrogen (secondary N) is 1. The van der Waals surface area contributed by atoms with E-state index in [0.717, 1.165) is 5.56 Å². The van der Waals surface area contributed by atoms with Gasteiger partial charge in [0.05, 0.1) is 12.9 Å². The summed E-state index contributed by atoms with van der Waals surface area (Å²) in [6.07, 6.45) is 2.43. The SMILES string of the molecule is CCS(=O)(=O)CCOc1c(CNC2CC2)cccc1OC. The van der Waals surface area contributed by atoms with E-state index in [1.807, 2.05) is 18.2 Å². The average molecular weight is 313 g/mol. The second-order valence-corrected chi connectivity index (χ2v) is 7.66. The summed E-state index contributed by atoms with van der Waals surface area (Å²) in [5, 5.41) is 3.43. The van der Waals surface area contributed by atoms with E-state index in [4.69, 9.17) is 9.47 Å². The van der Waals surface area contributed by atoms with Crippen molar-refractivity contribution in [1.29, 1.82) is 0 Å². The fraction of sp³-hybridized carbons (Fsp3) is 0.600. The van der Waals surface area contributed by atoms with Gasteiger partial charge < -0.3 is 14.8 Å². The number of para-hydroxylation sites is 1. The van der Waals surface area contributed by atoms with Crippen molar-refractivity contribution in [2.24, 2.45) is 0 Å². The Hall–Kier alpha value is -1.27. The van der Waals surface area contributed by atoms with Gasteiger partial charge in [-0.3, -0.25) is 0 Å². The predicted octanol–water partition coefficient (Wildman–Crippen LogP) is 1.76. The first-order valence-electron chi connectivity index (χ1n) is 7.28. The highest BCUT2D eigenvalue weighted by atomic mass is 32.2. The Morgan fingerprint density at radius 2 is 2.10 bits per heavy atom. The minimum absolute atomic E-state index is 0.0248. The summed E-state index contributed by atoms with van der Waals surface area (Å²) in [6, 6.07) is 6.31. The van der Waals surface area contributed by atoms with Crippen LogP contribution in [0.4, 0.5) is 0 Å². The third kappa shape index (κ3) is 4.89. The lowest BCUT2D eigenvalue weighted by molar-refractivity contribution is 0.307. The van der Waals surface area contributed by atoms with Crippen LogP contribution in [0, 0.1) is 0 Å². The molecule has 1 aromatic rings. The van der Waals surface area contributed by atoms with Crippen LogP contribution in [0.3, 0.4) is 0 Å². The van der Waals surface area contributed by atoms with E-state index in [9.17, 15) is 8.42 Å². The molecule has 1 saturated carbocycles. The number of methoxy groups -OCH3 is 1. The Labute approximate surface area is 126 Å². The number of benzene rings is 1. The Morgan fingerprint density at radius 1 is 1.33 bits per heavy atom. The predicted molar refractivity (Wildman–Crippen MR) is 82.7 cm³/mol. The molecule has 5 nitrogen and oxygen atoms in total. The van der Waals surface area contributed by atoms with Gasteiger partial charge in [0.1, 0.15) is 6.61 Å². The molecule has 0 spiro atoms. The summed E-state index contributed by atoms with van der Waals surface area (Å²) in [5.74, 6) is 1.44. The molecule has 0 saturated heterocycles. The summed E-state index contributed by atoms with van der Waals surface area (Å²) in [4.78, 5) is 0. The fourth-order valence-electron chi connectivity index (χ4n) is 1.98. The smallest absolute Gasteiger partial charge is 0.165 e. The molecule has 0 amide bonds. The lowest BCUT2D eigenvalue weighted by Crippen LogP contribution is -2.18. The summed E-state index contributed by atoms with van der Waals surface area (Å²) < 4.78 is 34.1. The van der Waals surface area contributed by atoms with Gasteiger partial charge in [-0.25, -0.2) is 8.42 Å². The van der Waals surface area contributed by atoms with Gasteiger partial charge in [-0.1, -0.05) is 19.1 Å². The first kappa shape index (κ1) is 16.1. The van der Waals surface area contributed by atoms with Crippen molar-refractivity contribution in [2.75, 3.05) is 25.2 Å². The van der Waals surface area contributed by atoms with Crippen LogP contribution < -0.4 is 14.8 Å². The van der Waals surface area contributed by atoms with Crippen molar-refractivity contribution < 1.29 is 17.9 Å². The number of ether oxygens (including phenoxy) is 2. The zero-order chi connectivity index (χ0) is 15.3. The van der Waals surface area contributed by atoms with Crippen LogP contribution in [-0.4, -0.2) is 39.7 Å². The second kappa shape index (κ2) is 7.13. The quantitative estimate of drug-likeness (QED) is 0.752. The molecule has 1 fully saturated rings. The lowest BCUT2D eigenvalue weighted by Gasteiger charge is -2.15. The summed E-state index contributed by atoms with van der Waals surface area (Å²) >= 11 is 0. The zero-order valence-electron chi connectivity index (χ0n) is 12.6. The van der Waals surface area contributed by atoms with Crippen LogP contribution in [0.25, 0.3) is 0 Å². The molecular weight excluding hydrogens is 290 g/mol. The molecule has 0 heterocycles. The Kier molecular flexibility index (Phi) is 5.47. The molecule has 0 aliphatic heterocycles. The van der Waals surface area contributed by atoms with Gasteiger partial charge in [0, 0.05) is 23.9 Å². The molecule has 0 aromatic heterocycles. The maximum atomic E-state index is 11.5. The minimum atomic E-state index is -3.02. The lowest BCUT2D eigenvalue weighted by atomic mass is 10.2. The molecule has 0 unspecified atom stereocenters. The van der Waals surface area contributed by atoms with E-state index in [0.29, 0.717) is 24.1 Å². The maximum Gasteiger partial charge on any atom is 0.165 e. The number of hydrogen-bond acceptors (Lipinski definition) is 5. The molecule has 1 N–H and O–H groups in total. The molecule has 0 radical (unpaired) electrons. The van der Waals surface area contributed by atoms with Crippen molar-refractivity contribution in [3.63, 3.8) is 0 Å². The van der Waals surface area contributed by atoms with Gasteiger partial charge >= 0.3 is 0 Å². The Bertz CT molecular complexity index is 567. The highest BCUT2D eigenvalue weighted by molar-refractivity contribution is 7.91. The summed E-state index contributed by atoms with van der Waals surface area (Å²) in [5.41, 5.74) is 0.996. The van der Waals surface area contributed by atoms with Gasteiger partial charge in [-0.05, 0) is 18.9 Å². The largest absolute Gasteiger partial charge is 0.493 e. The summed E-state index contributed by atoms with van der Waals surface area (Å²) in [7, 11) is -1.43. The van der Waals surface area contributed by atoms with E-state index < -0.39 is 9.84 Å². The zero-order valence-corrected chi connectivity index (χ0v) is 13.4. The topological polar surface area (TPSA) is 64.6 Å². The monoisotopic (exact) mass is 313 g/mol. The molecular formula is C15H23NO4S. The van der Waals surface area contributed by atoms with Crippen LogP contribution in [0.2, 0.25) is 0 Å². The van der Waals surface area contributed by atoms with Crippen molar-refractivity contribution in [2.45, 2.75) is 32.4 Å². The van der Waals surface area contributed by atoms with E-state index in [1.165, 1.54) is 12.8 Å². The van der Waals surface area contributed by atoms with E-state index in [2.05, 4.69) is 5.32 Å². The third-order valence-corrected chi connectivity index (χ3v) is 5.19. The fourth-order valence-corrected chi connectivity index (χ4v) is 2.61. The van der Waals surface area contributed by atoms with Crippen LogP contribution in [0.1, 0.15) is 25.3 Å². The van der Waals surface area contributed by atoms with Crippen molar-refractivity contribution in [1.82, 2.24) is 5.32 Å².